The molecular weight excluding hydrogens is 226 g/mol. The molecule has 1 aromatic rings. The SMILES string of the molecule is CNCC1CN(c2c(C)cccc2C)CC(=O)N1. The van der Waals surface area contributed by atoms with Crippen molar-refractivity contribution in [3.63, 3.8) is 0 Å². The van der Waals surface area contributed by atoms with Gasteiger partial charge in [-0.25, -0.2) is 0 Å². The smallest absolute Gasteiger partial charge is 0.239 e. The summed E-state index contributed by atoms with van der Waals surface area (Å²) < 4.78 is 0. The average Bonchev–Trinajstić information content (AvgIpc) is 2.28. The first-order valence-electron chi connectivity index (χ1n) is 6.37. The van der Waals surface area contributed by atoms with Crippen molar-refractivity contribution in [3.8, 4) is 0 Å². The third-order valence-corrected chi connectivity index (χ3v) is 3.35. The number of nitrogens with zero attached hydrogens (tertiary/aromatic N) is 1. The third kappa shape index (κ3) is 2.64. The number of para-hydroxylation sites is 1. The fourth-order valence-corrected chi connectivity index (χ4v) is 2.66. The zero-order valence-electron chi connectivity index (χ0n) is 11.3. The summed E-state index contributed by atoms with van der Waals surface area (Å²) in [5, 5.41) is 6.13. The molecule has 1 aliphatic heterocycles. The van der Waals surface area contributed by atoms with E-state index < -0.39 is 0 Å². The Morgan fingerprint density at radius 2 is 2.06 bits per heavy atom. The van der Waals surface area contributed by atoms with Crippen molar-refractivity contribution in [2.45, 2.75) is 19.9 Å². The quantitative estimate of drug-likeness (QED) is 0.831. The van der Waals surface area contributed by atoms with Crippen LogP contribution in [0.1, 0.15) is 11.1 Å². The summed E-state index contributed by atoms with van der Waals surface area (Å²) in [6.45, 7) is 6.31. The number of hydrogen-bond acceptors (Lipinski definition) is 3. The molecule has 2 rings (SSSR count). The van der Waals surface area contributed by atoms with E-state index >= 15 is 0 Å². The monoisotopic (exact) mass is 247 g/mol. The lowest BCUT2D eigenvalue weighted by atomic mass is 10.1. The van der Waals surface area contributed by atoms with Crippen molar-refractivity contribution in [2.75, 3.05) is 31.6 Å². The summed E-state index contributed by atoms with van der Waals surface area (Å²) in [6.07, 6.45) is 0. The minimum atomic E-state index is 0.101. The van der Waals surface area contributed by atoms with Gasteiger partial charge in [0.2, 0.25) is 5.91 Å². The van der Waals surface area contributed by atoms with E-state index in [0.29, 0.717) is 6.54 Å². The highest BCUT2D eigenvalue weighted by Crippen LogP contribution is 2.25. The van der Waals surface area contributed by atoms with Gasteiger partial charge in [-0.2, -0.15) is 0 Å². The van der Waals surface area contributed by atoms with Crippen LogP contribution in [0.5, 0.6) is 0 Å². The van der Waals surface area contributed by atoms with Gasteiger partial charge in [0.1, 0.15) is 0 Å². The molecule has 1 fully saturated rings. The van der Waals surface area contributed by atoms with Crippen LogP contribution in [0.15, 0.2) is 18.2 Å². The summed E-state index contributed by atoms with van der Waals surface area (Å²) in [5.74, 6) is 0.101. The average molecular weight is 247 g/mol. The molecule has 18 heavy (non-hydrogen) atoms. The number of carbonyl (C=O) groups is 1. The van der Waals surface area contributed by atoms with Crippen molar-refractivity contribution in [1.29, 1.82) is 0 Å². The van der Waals surface area contributed by atoms with Gasteiger partial charge in [-0.05, 0) is 32.0 Å². The second kappa shape index (κ2) is 5.40. The number of hydrogen-bond donors (Lipinski definition) is 2. The van der Waals surface area contributed by atoms with Crippen LogP contribution >= 0.6 is 0 Å². The van der Waals surface area contributed by atoms with Gasteiger partial charge >= 0.3 is 0 Å². The Morgan fingerprint density at radius 1 is 1.39 bits per heavy atom. The summed E-state index contributed by atoms with van der Waals surface area (Å²) >= 11 is 0. The largest absolute Gasteiger partial charge is 0.360 e. The maximum Gasteiger partial charge on any atom is 0.239 e. The van der Waals surface area contributed by atoms with Gasteiger partial charge in [-0.3, -0.25) is 4.79 Å². The summed E-state index contributed by atoms with van der Waals surface area (Å²) in [6, 6.07) is 6.43. The fraction of sp³-hybridized carbons (Fsp3) is 0.500. The lowest BCUT2D eigenvalue weighted by Gasteiger charge is -2.36. The first-order valence-corrected chi connectivity index (χ1v) is 6.37. The van der Waals surface area contributed by atoms with Crippen LogP contribution in [0, 0.1) is 13.8 Å². The summed E-state index contributed by atoms with van der Waals surface area (Å²) in [5.41, 5.74) is 3.66. The van der Waals surface area contributed by atoms with E-state index in [-0.39, 0.29) is 11.9 Å². The third-order valence-electron chi connectivity index (χ3n) is 3.35. The maximum absolute atomic E-state index is 11.8. The molecule has 1 aromatic carbocycles. The molecule has 2 N–H and O–H groups in total. The number of benzene rings is 1. The lowest BCUT2D eigenvalue weighted by molar-refractivity contribution is -0.121. The van der Waals surface area contributed by atoms with Crippen molar-refractivity contribution in [1.82, 2.24) is 10.6 Å². The molecule has 1 atom stereocenters. The number of likely N-dealkylation sites (N-methyl/N-ethyl adjacent to an activating group) is 1. The summed E-state index contributed by atoms with van der Waals surface area (Å²) in [4.78, 5) is 14.0. The van der Waals surface area contributed by atoms with Crippen molar-refractivity contribution in [3.05, 3.63) is 29.3 Å². The number of aryl methyl sites for hydroxylation is 2. The number of rotatable bonds is 3. The molecule has 0 saturated carbocycles. The topological polar surface area (TPSA) is 44.4 Å². The maximum atomic E-state index is 11.8. The zero-order chi connectivity index (χ0) is 13.1. The van der Waals surface area contributed by atoms with Gasteiger partial charge in [0, 0.05) is 18.8 Å². The molecule has 0 radical (unpaired) electrons. The lowest BCUT2D eigenvalue weighted by Crippen LogP contribution is -2.57. The minimum Gasteiger partial charge on any atom is -0.360 e. The van der Waals surface area contributed by atoms with Crippen LogP contribution in [0.4, 0.5) is 5.69 Å². The molecule has 98 valence electrons. The van der Waals surface area contributed by atoms with Crippen molar-refractivity contribution >= 4 is 11.6 Å². The molecule has 0 bridgehead atoms. The van der Waals surface area contributed by atoms with Crippen LogP contribution < -0.4 is 15.5 Å². The molecule has 0 aliphatic carbocycles. The van der Waals surface area contributed by atoms with Crippen LogP contribution in [0.2, 0.25) is 0 Å². The standard InChI is InChI=1S/C14H21N3O/c1-10-5-4-6-11(2)14(10)17-8-12(7-15-3)16-13(18)9-17/h4-6,12,15H,7-9H2,1-3H3,(H,16,18). The van der Waals surface area contributed by atoms with E-state index in [0.717, 1.165) is 13.1 Å². The second-order valence-electron chi connectivity index (χ2n) is 4.94. The fourth-order valence-electron chi connectivity index (χ4n) is 2.66. The number of anilines is 1. The molecule has 1 aliphatic rings. The van der Waals surface area contributed by atoms with Crippen LogP contribution in [0.3, 0.4) is 0 Å². The number of piperazine rings is 1. The molecule has 1 saturated heterocycles. The van der Waals surface area contributed by atoms with E-state index in [1.54, 1.807) is 0 Å². The first kappa shape index (κ1) is 12.9. The Morgan fingerprint density at radius 3 is 2.67 bits per heavy atom. The van der Waals surface area contributed by atoms with Gasteiger partial charge in [-0.15, -0.1) is 0 Å². The Bertz CT molecular complexity index is 424. The van der Waals surface area contributed by atoms with E-state index in [4.69, 9.17) is 0 Å². The highest BCUT2D eigenvalue weighted by Gasteiger charge is 2.25. The van der Waals surface area contributed by atoms with Crippen molar-refractivity contribution in [2.24, 2.45) is 0 Å². The van der Waals surface area contributed by atoms with Crippen LogP contribution in [0.25, 0.3) is 0 Å². The minimum absolute atomic E-state index is 0.101. The van der Waals surface area contributed by atoms with Gasteiger partial charge in [0.05, 0.1) is 12.6 Å². The highest BCUT2D eigenvalue weighted by atomic mass is 16.2. The molecule has 1 heterocycles. The Kier molecular flexibility index (Phi) is 3.87. The molecular formula is C14H21N3O. The van der Waals surface area contributed by atoms with Gasteiger partial charge in [0.15, 0.2) is 0 Å². The molecule has 1 amide bonds. The van der Waals surface area contributed by atoms with E-state index in [1.807, 2.05) is 7.05 Å². The first-order chi connectivity index (χ1) is 8.61. The summed E-state index contributed by atoms with van der Waals surface area (Å²) in [7, 11) is 1.91. The molecule has 1 unspecified atom stereocenters. The predicted octanol–water partition coefficient (Wildman–Crippen LogP) is 0.828. The molecule has 4 heteroatoms. The second-order valence-corrected chi connectivity index (χ2v) is 4.94. The van der Waals surface area contributed by atoms with E-state index in [9.17, 15) is 4.79 Å². The molecule has 0 aromatic heterocycles. The van der Waals surface area contributed by atoms with E-state index in [1.165, 1.54) is 16.8 Å². The Hall–Kier alpha value is -1.55. The van der Waals surface area contributed by atoms with Gasteiger partial charge < -0.3 is 15.5 Å². The number of nitrogens with one attached hydrogen (secondary N) is 2. The van der Waals surface area contributed by atoms with Crippen LogP contribution in [-0.2, 0) is 4.79 Å². The Labute approximate surface area is 108 Å². The van der Waals surface area contributed by atoms with Crippen molar-refractivity contribution < 1.29 is 4.79 Å². The van der Waals surface area contributed by atoms with E-state index in [2.05, 4.69) is 47.6 Å². The Balaban J connectivity index is 2.24. The molecule has 0 spiro atoms. The van der Waals surface area contributed by atoms with Crippen LogP contribution in [-0.4, -0.2) is 38.6 Å². The molecule has 4 nitrogen and oxygen atoms in total. The highest BCUT2D eigenvalue weighted by molar-refractivity contribution is 5.84. The number of carbonyl (C=O) groups excluding carboxylic acids is 1. The van der Waals surface area contributed by atoms with Gasteiger partial charge in [-0.1, -0.05) is 18.2 Å². The predicted molar refractivity (Wildman–Crippen MR) is 74.0 cm³/mol. The van der Waals surface area contributed by atoms with Gasteiger partial charge in [0.25, 0.3) is 0 Å². The normalized spacial score (nSPS) is 19.8. The zero-order valence-corrected chi connectivity index (χ0v) is 11.3. The number of amides is 1.